The summed E-state index contributed by atoms with van der Waals surface area (Å²) in [5, 5.41) is 8.71. The maximum absolute atomic E-state index is 13.8. The number of hydrogen-bond acceptors (Lipinski definition) is 7. The first kappa shape index (κ1) is 32.5. The van der Waals surface area contributed by atoms with E-state index in [1.54, 1.807) is 41.5 Å². The largest absolute Gasteiger partial charge is 0.444 e. The van der Waals surface area contributed by atoms with Gasteiger partial charge in [0.05, 0.1) is 19.6 Å². The van der Waals surface area contributed by atoms with Crippen molar-refractivity contribution in [2.75, 3.05) is 39.3 Å². The summed E-state index contributed by atoms with van der Waals surface area (Å²) >= 11 is 0. The van der Waals surface area contributed by atoms with Gasteiger partial charge in [0.15, 0.2) is 6.61 Å². The fourth-order valence-corrected chi connectivity index (χ4v) is 2.20. The maximum atomic E-state index is 13.8. The number of carbonyl (C=O) groups is 3. The first-order chi connectivity index (χ1) is 15.8. The molecule has 3 amide bonds. The van der Waals surface area contributed by atoms with Crippen molar-refractivity contribution in [1.29, 1.82) is 0 Å². The molecule has 10 nitrogen and oxygen atoms in total. The van der Waals surface area contributed by atoms with Gasteiger partial charge in [0, 0.05) is 6.54 Å². The van der Waals surface area contributed by atoms with Crippen LogP contribution in [0.15, 0.2) is 0 Å². The summed E-state index contributed by atoms with van der Waals surface area (Å²) in [6.45, 7) is 5.98. The first-order valence-corrected chi connectivity index (χ1v) is 11.1. The fourth-order valence-electron chi connectivity index (χ4n) is 2.20. The Hall–Kier alpha value is -2.51. The third-order valence-electron chi connectivity index (χ3n) is 3.63. The summed E-state index contributed by atoms with van der Waals surface area (Å²) in [6, 6.07) is 0. The fraction of sp³-hybridized carbons (Fsp3) is 0.857. The Morgan fingerprint density at radius 2 is 1.09 bits per heavy atom. The van der Waals surface area contributed by atoms with Gasteiger partial charge in [0.1, 0.15) is 11.2 Å². The van der Waals surface area contributed by atoms with Crippen LogP contribution in [0, 0.1) is 0 Å². The van der Waals surface area contributed by atoms with Crippen molar-refractivity contribution in [1.82, 2.24) is 21.3 Å². The molecule has 4 N–H and O–H groups in total. The van der Waals surface area contributed by atoms with Crippen molar-refractivity contribution in [2.24, 2.45) is 0 Å². The van der Waals surface area contributed by atoms with Gasteiger partial charge < -0.3 is 35.5 Å². The van der Waals surface area contributed by atoms with Crippen molar-refractivity contribution in [3.63, 3.8) is 0 Å². The quantitative estimate of drug-likeness (QED) is 0.167. The Kier molecular flexibility index (Phi) is 13.1. The molecule has 0 heterocycles. The second kappa shape index (κ2) is 14.1. The van der Waals surface area contributed by atoms with E-state index in [1.165, 1.54) is 0 Å². The average Bonchev–Trinajstić information content (AvgIpc) is 2.66. The molecule has 35 heavy (non-hydrogen) atoms. The predicted octanol–water partition coefficient (Wildman–Crippen LogP) is 3.40. The van der Waals surface area contributed by atoms with E-state index in [-0.39, 0.29) is 13.1 Å². The summed E-state index contributed by atoms with van der Waals surface area (Å²) < 4.78 is 69.1. The first-order valence-electron chi connectivity index (χ1n) is 11.1. The third-order valence-corrected chi connectivity index (χ3v) is 3.63. The van der Waals surface area contributed by atoms with Gasteiger partial charge >= 0.3 is 18.3 Å². The molecule has 0 aromatic carbocycles. The Morgan fingerprint density at radius 3 is 1.57 bits per heavy atom. The van der Waals surface area contributed by atoms with Gasteiger partial charge in [-0.25, -0.2) is 31.9 Å². The molecule has 0 fully saturated rings. The molecular weight excluding hydrogens is 480 g/mol. The zero-order valence-corrected chi connectivity index (χ0v) is 21.1. The Morgan fingerprint density at radius 1 is 0.629 bits per heavy atom. The molecule has 0 radical (unpaired) electrons. The highest BCUT2D eigenvalue weighted by molar-refractivity contribution is 5.68. The third kappa shape index (κ3) is 20.6. The van der Waals surface area contributed by atoms with Gasteiger partial charge in [-0.2, -0.15) is 0 Å². The molecule has 0 unspecified atom stereocenters. The van der Waals surface area contributed by atoms with Crippen molar-refractivity contribution < 1.29 is 46.2 Å². The number of alkyl carbamates (subject to hydrolysis) is 3. The van der Waals surface area contributed by atoms with Crippen molar-refractivity contribution >= 4 is 18.3 Å². The molecule has 0 saturated carbocycles. The van der Waals surface area contributed by atoms with Gasteiger partial charge in [-0.15, -0.1) is 0 Å². The van der Waals surface area contributed by atoms with E-state index in [1.807, 2.05) is 10.6 Å². The molecule has 206 valence electrons. The number of nitrogens with one attached hydrogen (secondary N) is 4. The number of amides is 3. The SMILES string of the molecule is CC(C)(C)OC(=O)NCC(F)(F)CNCCCCNC(=O)OCC(F)(F)CNC(=O)OC(C)(C)C. The monoisotopic (exact) mass is 518 g/mol. The molecule has 0 aliphatic heterocycles. The summed E-state index contributed by atoms with van der Waals surface area (Å²) in [6.07, 6.45) is -2.25. The number of halogens is 4. The lowest BCUT2D eigenvalue weighted by Gasteiger charge is -2.22. The Labute approximate surface area is 203 Å². The zero-order valence-electron chi connectivity index (χ0n) is 21.1. The van der Waals surface area contributed by atoms with Crippen LogP contribution in [-0.4, -0.2) is 80.7 Å². The Bertz CT molecular complexity index is 682. The minimum atomic E-state index is -3.50. The predicted molar refractivity (Wildman–Crippen MR) is 120 cm³/mol. The van der Waals surface area contributed by atoms with Gasteiger partial charge in [0.2, 0.25) is 0 Å². The van der Waals surface area contributed by atoms with Gasteiger partial charge in [0.25, 0.3) is 11.8 Å². The number of hydrogen-bond donors (Lipinski definition) is 4. The van der Waals surface area contributed by atoms with Gasteiger partial charge in [-0.1, -0.05) is 0 Å². The molecular formula is C21H38F4N4O6. The molecule has 0 aliphatic carbocycles. The number of rotatable bonds is 13. The summed E-state index contributed by atoms with van der Waals surface area (Å²) in [5.41, 5.74) is -1.64. The highest BCUT2D eigenvalue weighted by atomic mass is 19.3. The number of unbranched alkanes of at least 4 members (excludes halogenated alkanes) is 1. The average molecular weight is 519 g/mol. The molecule has 0 rings (SSSR count). The number of carbonyl (C=O) groups excluding carboxylic acids is 3. The lowest BCUT2D eigenvalue weighted by molar-refractivity contribution is -0.0536. The van der Waals surface area contributed by atoms with Crippen LogP contribution in [0.3, 0.4) is 0 Å². The molecule has 0 saturated heterocycles. The normalized spacial score (nSPS) is 12.5. The molecule has 14 heteroatoms. The molecule has 0 aromatic heterocycles. The maximum Gasteiger partial charge on any atom is 0.407 e. The smallest absolute Gasteiger partial charge is 0.407 e. The van der Waals surface area contributed by atoms with Crippen LogP contribution in [0.2, 0.25) is 0 Å². The minimum Gasteiger partial charge on any atom is -0.444 e. The van der Waals surface area contributed by atoms with E-state index in [9.17, 15) is 31.9 Å². The second-order valence-electron chi connectivity index (χ2n) is 9.81. The molecule has 0 aliphatic rings. The topological polar surface area (TPSA) is 127 Å². The summed E-state index contributed by atoms with van der Waals surface area (Å²) in [5.74, 6) is -6.69. The van der Waals surface area contributed by atoms with Crippen LogP contribution in [0.5, 0.6) is 0 Å². The standard InChI is InChI=1S/C21H38F4N4O6/c1-18(2,3)34-16(31)28-12-20(22,23)11-26-9-7-8-10-27-15(30)33-14-21(24,25)13-29-17(32)35-19(4,5)6/h26H,7-14H2,1-6H3,(H,27,30)(H,28,31)(H,29,32). The van der Waals surface area contributed by atoms with Crippen molar-refractivity contribution in [3.8, 4) is 0 Å². The summed E-state index contributed by atoms with van der Waals surface area (Å²) in [4.78, 5) is 34.3. The van der Waals surface area contributed by atoms with Crippen LogP contribution < -0.4 is 21.3 Å². The van der Waals surface area contributed by atoms with Crippen LogP contribution in [-0.2, 0) is 14.2 Å². The number of alkyl halides is 4. The van der Waals surface area contributed by atoms with E-state index in [4.69, 9.17) is 9.47 Å². The molecule has 0 bridgehead atoms. The van der Waals surface area contributed by atoms with E-state index < -0.39 is 67.6 Å². The second-order valence-corrected chi connectivity index (χ2v) is 9.81. The van der Waals surface area contributed by atoms with Crippen LogP contribution in [0.1, 0.15) is 54.4 Å². The number of ether oxygens (including phenoxy) is 3. The van der Waals surface area contributed by atoms with Crippen LogP contribution in [0.4, 0.5) is 31.9 Å². The van der Waals surface area contributed by atoms with Crippen molar-refractivity contribution in [3.05, 3.63) is 0 Å². The van der Waals surface area contributed by atoms with E-state index >= 15 is 0 Å². The van der Waals surface area contributed by atoms with E-state index in [0.717, 1.165) is 0 Å². The van der Waals surface area contributed by atoms with E-state index in [2.05, 4.69) is 15.4 Å². The van der Waals surface area contributed by atoms with Crippen LogP contribution in [0.25, 0.3) is 0 Å². The molecule has 0 aromatic rings. The van der Waals surface area contributed by atoms with Crippen molar-refractivity contribution in [2.45, 2.75) is 77.4 Å². The highest BCUT2D eigenvalue weighted by Gasteiger charge is 2.33. The summed E-state index contributed by atoms with van der Waals surface area (Å²) in [7, 11) is 0. The minimum absolute atomic E-state index is 0.0822. The highest BCUT2D eigenvalue weighted by Crippen LogP contribution is 2.14. The molecule has 0 spiro atoms. The van der Waals surface area contributed by atoms with Crippen LogP contribution >= 0.6 is 0 Å². The molecule has 0 atom stereocenters. The van der Waals surface area contributed by atoms with Gasteiger partial charge in [-0.05, 0) is 60.9 Å². The Balaban J connectivity index is 3.92. The lowest BCUT2D eigenvalue weighted by atomic mass is 10.2. The zero-order chi connectivity index (χ0) is 27.3. The van der Waals surface area contributed by atoms with E-state index in [0.29, 0.717) is 12.8 Å². The lowest BCUT2D eigenvalue weighted by Crippen LogP contribution is -2.45. The van der Waals surface area contributed by atoms with Gasteiger partial charge in [-0.3, -0.25) is 0 Å².